The van der Waals surface area contributed by atoms with Gasteiger partial charge in [0.2, 0.25) is 0 Å². The van der Waals surface area contributed by atoms with Crippen molar-refractivity contribution in [3.63, 3.8) is 0 Å². The third-order valence-electron chi connectivity index (χ3n) is 3.06. The second kappa shape index (κ2) is 11.5. The van der Waals surface area contributed by atoms with Crippen molar-refractivity contribution in [1.82, 2.24) is 16.0 Å². The Kier molecular flexibility index (Phi) is 9.47. The molecule has 6 heteroatoms. The molecule has 1 aromatic rings. The molecule has 0 aromatic heterocycles. The van der Waals surface area contributed by atoms with Crippen molar-refractivity contribution in [3.8, 4) is 0 Å². The monoisotopic (exact) mass is 320 g/mol. The van der Waals surface area contributed by atoms with Gasteiger partial charge in [-0.15, -0.1) is 0 Å². The minimum atomic E-state index is -0.0477. The molecule has 1 aromatic carbocycles. The van der Waals surface area contributed by atoms with Crippen molar-refractivity contribution in [2.45, 2.75) is 27.3 Å². The first-order chi connectivity index (χ1) is 11.2. The summed E-state index contributed by atoms with van der Waals surface area (Å²) in [7, 11) is 0. The largest absolute Gasteiger partial charge is 0.380 e. The van der Waals surface area contributed by atoms with E-state index in [2.05, 4.69) is 20.9 Å². The van der Waals surface area contributed by atoms with Crippen LogP contribution < -0.4 is 16.0 Å². The van der Waals surface area contributed by atoms with Gasteiger partial charge in [0, 0.05) is 31.8 Å². The first-order valence-electron chi connectivity index (χ1n) is 8.18. The Balaban J connectivity index is 2.55. The minimum absolute atomic E-state index is 0.0477. The summed E-state index contributed by atoms with van der Waals surface area (Å²) in [5, 5.41) is 9.20. The van der Waals surface area contributed by atoms with Crippen LogP contribution in [0, 0.1) is 0 Å². The standard InChI is InChI=1S/C17H28N4O2/c1-4-18-16(22)15-9-7-14(8-10-15)13-21-17(19-5-2)20-11-12-23-6-3/h7-10H,4-6,11-13H2,1-3H3,(H,18,22)(H2,19,20,21). The third-order valence-corrected chi connectivity index (χ3v) is 3.06. The third kappa shape index (κ3) is 7.65. The molecule has 0 aliphatic heterocycles. The number of amides is 1. The van der Waals surface area contributed by atoms with Crippen LogP contribution in [-0.2, 0) is 11.3 Å². The number of hydrogen-bond acceptors (Lipinski definition) is 3. The van der Waals surface area contributed by atoms with Gasteiger partial charge in [0.05, 0.1) is 13.2 Å². The zero-order valence-electron chi connectivity index (χ0n) is 14.3. The summed E-state index contributed by atoms with van der Waals surface area (Å²) in [5.74, 6) is 0.716. The van der Waals surface area contributed by atoms with Crippen LogP contribution in [0.2, 0.25) is 0 Å². The molecular formula is C17H28N4O2. The molecule has 0 radical (unpaired) electrons. The zero-order valence-corrected chi connectivity index (χ0v) is 14.3. The molecule has 1 amide bonds. The molecule has 0 saturated heterocycles. The van der Waals surface area contributed by atoms with Gasteiger partial charge in [-0.3, -0.25) is 4.79 Å². The first kappa shape index (κ1) is 19.0. The van der Waals surface area contributed by atoms with Crippen LogP contribution in [0.15, 0.2) is 29.3 Å². The van der Waals surface area contributed by atoms with E-state index in [9.17, 15) is 4.79 Å². The number of carbonyl (C=O) groups excluding carboxylic acids is 1. The van der Waals surface area contributed by atoms with Crippen LogP contribution in [0.5, 0.6) is 0 Å². The first-order valence-corrected chi connectivity index (χ1v) is 8.18. The highest BCUT2D eigenvalue weighted by atomic mass is 16.5. The highest BCUT2D eigenvalue weighted by Crippen LogP contribution is 2.05. The maximum absolute atomic E-state index is 11.7. The van der Waals surface area contributed by atoms with Crippen molar-refractivity contribution >= 4 is 11.9 Å². The summed E-state index contributed by atoms with van der Waals surface area (Å²) < 4.78 is 5.30. The van der Waals surface area contributed by atoms with E-state index in [-0.39, 0.29) is 5.91 Å². The molecule has 0 spiro atoms. The number of rotatable bonds is 9. The molecule has 6 nitrogen and oxygen atoms in total. The van der Waals surface area contributed by atoms with Gasteiger partial charge < -0.3 is 20.7 Å². The zero-order chi connectivity index (χ0) is 16.9. The van der Waals surface area contributed by atoms with E-state index in [0.717, 1.165) is 24.6 Å². The lowest BCUT2D eigenvalue weighted by atomic mass is 10.1. The second-order valence-corrected chi connectivity index (χ2v) is 4.88. The molecular weight excluding hydrogens is 292 g/mol. The van der Waals surface area contributed by atoms with Gasteiger partial charge in [-0.05, 0) is 38.5 Å². The quantitative estimate of drug-likeness (QED) is 0.366. The normalized spacial score (nSPS) is 11.2. The van der Waals surface area contributed by atoms with E-state index in [0.29, 0.717) is 31.9 Å². The van der Waals surface area contributed by atoms with E-state index < -0.39 is 0 Å². The SMILES string of the molecule is CCNC(=O)c1ccc(CN=C(NCC)NCCOCC)cc1. The van der Waals surface area contributed by atoms with Crippen LogP contribution in [0.1, 0.15) is 36.7 Å². The van der Waals surface area contributed by atoms with Gasteiger partial charge in [0.1, 0.15) is 0 Å². The molecule has 0 aliphatic carbocycles. The maximum Gasteiger partial charge on any atom is 0.251 e. The fourth-order valence-corrected chi connectivity index (χ4v) is 1.92. The lowest BCUT2D eigenvalue weighted by molar-refractivity contribution is 0.0956. The van der Waals surface area contributed by atoms with Crippen molar-refractivity contribution in [2.24, 2.45) is 4.99 Å². The van der Waals surface area contributed by atoms with Gasteiger partial charge in [-0.25, -0.2) is 4.99 Å². The molecule has 0 saturated carbocycles. The van der Waals surface area contributed by atoms with Crippen molar-refractivity contribution in [2.75, 3.05) is 32.8 Å². The Morgan fingerprint density at radius 3 is 2.35 bits per heavy atom. The maximum atomic E-state index is 11.7. The van der Waals surface area contributed by atoms with Crippen molar-refractivity contribution in [3.05, 3.63) is 35.4 Å². The number of benzene rings is 1. The molecule has 0 unspecified atom stereocenters. The van der Waals surface area contributed by atoms with E-state index in [1.165, 1.54) is 0 Å². The molecule has 0 heterocycles. The number of nitrogens with one attached hydrogen (secondary N) is 3. The molecule has 0 bridgehead atoms. The number of aliphatic imine (C=N–C) groups is 1. The molecule has 0 fully saturated rings. The Bertz CT molecular complexity index is 486. The van der Waals surface area contributed by atoms with E-state index >= 15 is 0 Å². The summed E-state index contributed by atoms with van der Waals surface area (Å²) in [4.78, 5) is 16.2. The van der Waals surface area contributed by atoms with Crippen LogP contribution in [0.25, 0.3) is 0 Å². The molecule has 0 atom stereocenters. The highest BCUT2D eigenvalue weighted by Gasteiger charge is 2.03. The number of ether oxygens (including phenoxy) is 1. The highest BCUT2D eigenvalue weighted by molar-refractivity contribution is 5.94. The van der Waals surface area contributed by atoms with Crippen molar-refractivity contribution < 1.29 is 9.53 Å². The smallest absolute Gasteiger partial charge is 0.251 e. The number of nitrogens with zero attached hydrogens (tertiary/aromatic N) is 1. The molecule has 3 N–H and O–H groups in total. The molecule has 128 valence electrons. The molecule has 1 rings (SSSR count). The number of hydrogen-bond donors (Lipinski definition) is 3. The summed E-state index contributed by atoms with van der Waals surface area (Å²) in [5.41, 5.74) is 1.72. The van der Waals surface area contributed by atoms with Crippen LogP contribution in [0.3, 0.4) is 0 Å². The molecule has 23 heavy (non-hydrogen) atoms. The fourth-order valence-electron chi connectivity index (χ4n) is 1.92. The number of carbonyl (C=O) groups is 1. The van der Waals surface area contributed by atoms with Gasteiger partial charge in [0.15, 0.2) is 5.96 Å². The Morgan fingerprint density at radius 2 is 1.74 bits per heavy atom. The van der Waals surface area contributed by atoms with Crippen LogP contribution >= 0.6 is 0 Å². The lowest BCUT2D eigenvalue weighted by Crippen LogP contribution is -2.39. The Hall–Kier alpha value is -2.08. The molecule has 0 aliphatic rings. The van der Waals surface area contributed by atoms with Gasteiger partial charge in [-0.1, -0.05) is 12.1 Å². The summed E-state index contributed by atoms with van der Waals surface area (Å²) in [6.45, 7) is 9.98. The van der Waals surface area contributed by atoms with E-state index in [1.807, 2.05) is 45.0 Å². The van der Waals surface area contributed by atoms with E-state index in [1.54, 1.807) is 0 Å². The summed E-state index contributed by atoms with van der Waals surface area (Å²) in [6, 6.07) is 7.51. The van der Waals surface area contributed by atoms with E-state index in [4.69, 9.17) is 4.74 Å². The Labute approximate surface area is 138 Å². The van der Waals surface area contributed by atoms with Crippen molar-refractivity contribution in [1.29, 1.82) is 0 Å². The fraction of sp³-hybridized carbons (Fsp3) is 0.529. The predicted molar refractivity (Wildman–Crippen MR) is 93.8 cm³/mol. The van der Waals surface area contributed by atoms with Gasteiger partial charge in [-0.2, -0.15) is 0 Å². The van der Waals surface area contributed by atoms with Gasteiger partial charge >= 0.3 is 0 Å². The lowest BCUT2D eigenvalue weighted by Gasteiger charge is -2.11. The predicted octanol–water partition coefficient (Wildman–Crippen LogP) is 1.53. The number of guanidine groups is 1. The van der Waals surface area contributed by atoms with Crippen LogP contribution in [0.4, 0.5) is 0 Å². The second-order valence-electron chi connectivity index (χ2n) is 4.88. The van der Waals surface area contributed by atoms with Crippen LogP contribution in [-0.4, -0.2) is 44.7 Å². The average Bonchev–Trinajstić information content (AvgIpc) is 2.57. The average molecular weight is 320 g/mol. The Morgan fingerprint density at radius 1 is 1.04 bits per heavy atom. The summed E-state index contributed by atoms with van der Waals surface area (Å²) in [6.07, 6.45) is 0. The van der Waals surface area contributed by atoms with Gasteiger partial charge in [0.25, 0.3) is 5.91 Å². The summed E-state index contributed by atoms with van der Waals surface area (Å²) >= 11 is 0. The topological polar surface area (TPSA) is 74.8 Å². The minimum Gasteiger partial charge on any atom is -0.380 e.